The minimum Gasteiger partial charge on any atom is -0.504 e. The number of ether oxygens (including phenoxy) is 1. The van der Waals surface area contributed by atoms with Gasteiger partial charge in [-0.3, -0.25) is 4.79 Å². The summed E-state index contributed by atoms with van der Waals surface area (Å²) in [7, 11) is 1.45. The number of halogens is 1. The molecule has 0 fully saturated rings. The predicted molar refractivity (Wildman–Crippen MR) is 79.0 cm³/mol. The first kappa shape index (κ1) is 14.8. The smallest absolute Gasteiger partial charge is 0.274 e. The van der Waals surface area contributed by atoms with E-state index in [0.717, 1.165) is 0 Å². The first-order valence-corrected chi connectivity index (χ1v) is 6.31. The summed E-state index contributed by atoms with van der Waals surface area (Å²) < 4.78 is 4.97. The van der Waals surface area contributed by atoms with E-state index in [9.17, 15) is 9.90 Å². The molecule has 1 aromatic heterocycles. The molecule has 0 saturated carbocycles. The van der Waals surface area contributed by atoms with Crippen molar-refractivity contribution < 1.29 is 14.6 Å². The lowest BCUT2D eigenvalue weighted by atomic mass is 10.2. The fourth-order valence-electron chi connectivity index (χ4n) is 1.58. The van der Waals surface area contributed by atoms with E-state index >= 15 is 0 Å². The van der Waals surface area contributed by atoms with Crippen LogP contribution >= 0.6 is 11.6 Å². The molecule has 2 rings (SSSR count). The number of carbonyl (C=O) groups is 1. The number of nitrogens with zero attached hydrogens (tertiary/aromatic N) is 2. The van der Waals surface area contributed by atoms with Crippen molar-refractivity contribution >= 4 is 23.7 Å². The average Bonchev–Trinajstić information content (AvgIpc) is 2.49. The lowest BCUT2D eigenvalue weighted by molar-refractivity contribution is 0.0955. The largest absolute Gasteiger partial charge is 0.504 e. The molecule has 21 heavy (non-hydrogen) atoms. The molecule has 108 valence electrons. The van der Waals surface area contributed by atoms with Gasteiger partial charge in [0.05, 0.1) is 18.9 Å². The number of carbonyl (C=O) groups excluding carboxylic acids is 1. The molecule has 0 aliphatic carbocycles. The van der Waals surface area contributed by atoms with E-state index in [2.05, 4.69) is 15.5 Å². The Kier molecular flexibility index (Phi) is 4.73. The minimum atomic E-state index is -0.494. The number of hydrogen-bond acceptors (Lipinski definition) is 5. The zero-order valence-electron chi connectivity index (χ0n) is 11.1. The first-order valence-electron chi connectivity index (χ1n) is 5.93. The van der Waals surface area contributed by atoms with Gasteiger partial charge in [0.15, 0.2) is 11.5 Å². The molecule has 2 aromatic rings. The Morgan fingerprint density at radius 2 is 2.24 bits per heavy atom. The number of hydrogen-bond donors (Lipinski definition) is 2. The number of phenolic OH excluding ortho intramolecular Hbond substituents is 1. The summed E-state index contributed by atoms with van der Waals surface area (Å²) in [6.45, 7) is 0. The van der Waals surface area contributed by atoms with Crippen molar-refractivity contribution in [2.24, 2.45) is 5.10 Å². The highest BCUT2D eigenvalue weighted by atomic mass is 35.5. The zero-order chi connectivity index (χ0) is 15.2. The van der Waals surface area contributed by atoms with E-state index in [1.54, 1.807) is 24.3 Å². The Bertz CT molecular complexity index is 689. The molecule has 1 heterocycles. The second kappa shape index (κ2) is 6.71. The zero-order valence-corrected chi connectivity index (χ0v) is 11.8. The molecule has 0 atom stereocenters. The van der Waals surface area contributed by atoms with Crippen LogP contribution in [0.3, 0.4) is 0 Å². The van der Waals surface area contributed by atoms with Gasteiger partial charge >= 0.3 is 0 Å². The summed E-state index contributed by atoms with van der Waals surface area (Å²) in [4.78, 5) is 15.6. The first-order chi connectivity index (χ1) is 10.1. The molecule has 6 nitrogen and oxygen atoms in total. The molecule has 0 unspecified atom stereocenters. The van der Waals surface area contributed by atoms with Gasteiger partial charge in [-0.25, -0.2) is 10.4 Å². The topological polar surface area (TPSA) is 83.8 Å². The molecule has 7 heteroatoms. The van der Waals surface area contributed by atoms with Crippen LogP contribution in [0, 0.1) is 0 Å². The lowest BCUT2D eigenvalue weighted by Gasteiger charge is -2.05. The Morgan fingerprint density at radius 3 is 2.95 bits per heavy atom. The summed E-state index contributed by atoms with van der Waals surface area (Å²) in [6.07, 6.45) is 2.79. The number of phenols is 1. The fourth-order valence-corrected chi connectivity index (χ4v) is 1.79. The van der Waals surface area contributed by atoms with Gasteiger partial charge < -0.3 is 9.84 Å². The highest BCUT2D eigenvalue weighted by molar-refractivity contribution is 6.32. The maximum absolute atomic E-state index is 11.8. The number of amides is 1. The van der Waals surface area contributed by atoms with E-state index in [-0.39, 0.29) is 16.5 Å². The van der Waals surface area contributed by atoms with E-state index in [0.29, 0.717) is 11.3 Å². The average molecular weight is 306 g/mol. The number of methoxy groups -OCH3 is 1. The quantitative estimate of drug-likeness (QED) is 0.515. The summed E-state index contributed by atoms with van der Waals surface area (Å²) in [5.74, 6) is -0.232. The molecule has 0 aliphatic rings. The number of pyridine rings is 1. The second-order valence-corrected chi connectivity index (χ2v) is 4.30. The standard InChI is InChI=1S/C14H12ClN3O3/c1-21-11-6-2-4-9(12(11)19)8-17-18-14(20)10-5-3-7-16-13(10)15/h2-8,19H,1H3,(H,18,20). The Labute approximate surface area is 126 Å². The number of benzene rings is 1. The van der Waals surface area contributed by atoms with E-state index in [4.69, 9.17) is 16.3 Å². The summed E-state index contributed by atoms with van der Waals surface area (Å²) in [5, 5.41) is 13.7. The van der Waals surface area contributed by atoms with Gasteiger partial charge in [0.25, 0.3) is 5.91 Å². The third-order valence-electron chi connectivity index (χ3n) is 2.62. The number of aromatic nitrogens is 1. The van der Waals surface area contributed by atoms with Crippen molar-refractivity contribution in [3.8, 4) is 11.5 Å². The molecule has 0 saturated heterocycles. The Morgan fingerprint density at radius 1 is 1.43 bits per heavy atom. The van der Waals surface area contributed by atoms with Crippen LogP contribution in [0.2, 0.25) is 5.15 Å². The van der Waals surface area contributed by atoms with Crippen molar-refractivity contribution in [3.05, 3.63) is 52.8 Å². The highest BCUT2D eigenvalue weighted by Crippen LogP contribution is 2.27. The predicted octanol–water partition coefficient (Wildman–Crippen LogP) is 2.21. The van der Waals surface area contributed by atoms with Crippen molar-refractivity contribution in [2.45, 2.75) is 0 Å². The summed E-state index contributed by atoms with van der Waals surface area (Å²) in [5.41, 5.74) is 2.93. The van der Waals surface area contributed by atoms with Crippen molar-refractivity contribution in [3.63, 3.8) is 0 Å². The number of hydrazone groups is 1. The Balaban J connectivity index is 2.10. The monoisotopic (exact) mass is 305 g/mol. The maximum atomic E-state index is 11.8. The van der Waals surface area contributed by atoms with Crippen LogP contribution in [0.15, 0.2) is 41.6 Å². The van der Waals surface area contributed by atoms with Gasteiger partial charge in [0.1, 0.15) is 5.15 Å². The normalized spacial score (nSPS) is 10.6. The highest BCUT2D eigenvalue weighted by Gasteiger charge is 2.09. The minimum absolute atomic E-state index is 0.0580. The molecule has 0 bridgehead atoms. The van der Waals surface area contributed by atoms with Crippen LogP contribution in [0.1, 0.15) is 15.9 Å². The van der Waals surface area contributed by atoms with E-state index in [1.165, 1.54) is 25.6 Å². The van der Waals surface area contributed by atoms with Gasteiger partial charge in [0.2, 0.25) is 0 Å². The van der Waals surface area contributed by atoms with Crippen LogP contribution in [0.25, 0.3) is 0 Å². The summed E-state index contributed by atoms with van der Waals surface area (Å²) in [6, 6.07) is 8.06. The van der Waals surface area contributed by atoms with Gasteiger partial charge in [-0.2, -0.15) is 5.10 Å². The van der Waals surface area contributed by atoms with Crippen LogP contribution in [0.5, 0.6) is 11.5 Å². The Hall–Kier alpha value is -2.60. The molecule has 2 N–H and O–H groups in total. The molecule has 1 amide bonds. The number of nitrogens with one attached hydrogen (secondary N) is 1. The van der Waals surface area contributed by atoms with E-state index < -0.39 is 5.91 Å². The number of para-hydroxylation sites is 1. The molecule has 1 aromatic carbocycles. The number of rotatable bonds is 4. The molecule has 0 radical (unpaired) electrons. The fraction of sp³-hybridized carbons (Fsp3) is 0.0714. The van der Waals surface area contributed by atoms with Crippen molar-refractivity contribution in [2.75, 3.05) is 7.11 Å². The van der Waals surface area contributed by atoms with Crippen molar-refractivity contribution in [1.82, 2.24) is 10.4 Å². The molecule has 0 aliphatic heterocycles. The molecular weight excluding hydrogens is 294 g/mol. The third kappa shape index (κ3) is 3.49. The van der Waals surface area contributed by atoms with Crippen LogP contribution in [-0.2, 0) is 0 Å². The van der Waals surface area contributed by atoms with Crippen LogP contribution in [-0.4, -0.2) is 29.3 Å². The summed E-state index contributed by atoms with van der Waals surface area (Å²) >= 11 is 5.80. The maximum Gasteiger partial charge on any atom is 0.274 e. The van der Waals surface area contributed by atoms with Crippen molar-refractivity contribution in [1.29, 1.82) is 0 Å². The number of aromatic hydroxyl groups is 1. The van der Waals surface area contributed by atoms with Gasteiger partial charge in [-0.05, 0) is 24.3 Å². The second-order valence-electron chi connectivity index (χ2n) is 3.94. The van der Waals surface area contributed by atoms with Gasteiger partial charge in [-0.1, -0.05) is 17.7 Å². The van der Waals surface area contributed by atoms with Gasteiger partial charge in [-0.15, -0.1) is 0 Å². The lowest BCUT2D eigenvalue weighted by Crippen LogP contribution is -2.18. The molecule has 0 spiro atoms. The SMILES string of the molecule is COc1cccc(C=NNC(=O)c2cccnc2Cl)c1O. The van der Waals surface area contributed by atoms with E-state index in [1.807, 2.05) is 0 Å². The van der Waals surface area contributed by atoms with Crippen LogP contribution < -0.4 is 10.2 Å². The molecular formula is C14H12ClN3O3. The third-order valence-corrected chi connectivity index (χ3v) is 2.92. The van der Waals surface area contributed by atoms with Crippen LogP contribution in [0.4, 0.5) is 0 Å². The van der Waals surface area contributed by atoms with Gasteiger partial charge in [0, 0.05) is 11.8 Å².